The first-order valence-corrected chi connectivity index (χ1v) is 10.0. The van der Waals surface area contributed by atoms with Gasteiger partial charge in [0.1, 0.15) is 11.9 Å². The van der Waals surface area contributed by atoms with Gasteiger partial charge in [0.05, 0.1) is 11.1 Å². The number of hydrogen-bond donors (Lipinski definition) is 1. The van der Waals surface area contributed by atoms with Crippen LogP contribution in [0.5, 0.6) is 0 Å². The predicted octanol–water partition coefficient (Wildman–Crippen LogP) is 3.78. The minimum Gasteiger partial charge on any atom is -0.336 e. The number of carbonyl (C=O) groups excluding carboxylic acids is 1. The van der Waals surface area contributed by atoms with Crippen molar-refractivity contribution in [2.24, 2.45) is 7.05 Å². The molecule has 0 bridgehead atoms. The molecule has 6 nitrogen and oxygen atoms in total. The van der Waals surface area contributed by atoms with E-state index in [2.05, 4.69) is 29.4 Å². The van der Waals surface area contributed by atoms with E-state index in [4.69, 9.17) is 4.98 Å². The van der Waals surface area contributed by atoms with Gasteiger partial charge in [0.25, 0.3) is 5.91 Å². The molecule has 2 fully saturated rings. The largest absolute Gasteiger partial charge is 0.336 e. The maximum Gasteiger partial charge on any atom is 0.255 e. The fourth-order valence-corrected chi connectivity index (χ4v) is 4.16. The molecule has 1 N–H and O–H groups in total. The SMILES string of the molecule is Cc1ccc2nc(C3CC3)cc(C(=O)N3CCNCC3c3nccn3C)c2c1.Cl.Cl. The topological polar surface area (TPSA) is 63.1 Å². The number of fused-ring (bicyclic) bond motifs is 1. The zero-order valence-corrected chi connectivity index (χ0v) is 18.8. The van der Waals surface area contributed by atoms with Gasteiger partial charge in [-0.15, -0.1) is 24.8 Å². The van der Waals surface area contributed by atoms with Crippen LogP contribution in [0.1, 0.15) is 52.2 Å². The summed E-state index contributed by atoms with van der Waals surface area (Å²) >= 11 is 0. The molecule has 1 saturated heterocycles. The molecule has 3 heterocycles. The van der Waals surface area contributed by atoms with Gasteiger partial charge in [0.15, 0.2) is 0 Å². The van der Waals surface area contributed by atoms with E-state index in [1.807, 2.05) is 34.8 Å². The van der Waals surface area contributed by atoms with Gasteiger partial charge in [0.2, 0.25) is 0 Å². The number of benzene rings is 1. The molecule has 0 radical (unpaired) electrons. The lowest BCUT2D eigenvalue weighted by Crippen LogP contribution is -2.49. The van der Waals surface area contributed by atoms with Crippen LogP contribution in [-0.4, -0.2) is 45.0 Å². The summed E-state index contributed by atoms with van der Waals surface area (Å²) in [7, 11) is 1.98. The highest BCUT2D eigenvalue weighted by atomic mass is 35.5. The number of pyridine rings is 1. The van der Waals surface area contributed by atoms with E-state index in [1.54, 1.807) is 6.20 Å². The molecule has 8 heteroatoms. The zero-order chi connectivity index (χ0) is 19.3. The predicted molar refractivity (Wildman–Crippen MR) is 123 cm³/mol. The van der Waals surface area contributed by atoms with Gasteiger partial charge in [-0.05, 0) is 38.0 Å². The summed E-state index contributed by atoms with van der Waals surface area (Å²) in [5.41, 5.74) is 3.89. The normalized spacial score (nSPS) is 18.6. The second kappa shape index (κ2) is 8.92. The number of hydrogen-bond acceptors (Lipinski definition) is 4. The molecule has 3 aromatic rings. The summed E-state index contributed by atoms with van der Waals surface area (Å²) in [6.07, 6.45) is 6.06. The van der Waals surface area contributed by atoms with Gasteiger partial charge in [-0.3, -0.25) is 9.78 Å². The van der Waals surface area contributed by atoms with E-state index >= 15 is 0 Å². The number of nitrogens with zero attached hydrogens (tertiary/aromatic N) is 4. The van der Waals surface area contributed by atoms with Crippen molar-refractivity contribution < 1.29 is 4.79 Å². The number of halogens is 2. The molecular weight excluding hydrogens is 421 g/mol. The third kappa shape index (κ3) is 4.04. The fraction of sp³-hybridized carbons (Fsp3) is 0.409. The quantitative estimate of drug-likeness (QED) is 0.663. The fourth-order valence-electron chi connectivity index (χ4n) is 4.16. The first-order chi connectivity index (χ1) is 13.6. The first-order valence-electron chi connectivity index (χ1n) is 10.0. The van der Waals surface area contributed by atoms with Crippen LogP contribution in [0.15, 0.2) is 36.7 Å². The maximum atomic E-state index is 13.8. The van der Waals surface area contributed by atoms with Crippen LogP contribution in [0.25, 0.3) is 10.9 Å². The van der Waals surface area contributed by atoms with Crippen molar-refractivity contribution in [3.63, 3.8) is 0 Å². The Balaban J connectivity index is 0.00000128. The molecule has 1 aliphatic carbocycles. The molecular formula is C22H27Cl2N5O. The minimum absolute atomic E-state index is 0. The van der Waals surface area contributed by atoms with Crippen molar-refractivity contribution >= 4 is 41.6 Å². The third-order valence-corrected chi connectivity index (χ3v) is 5.87. The highest BCUT2D eigenvalue weighted by molar-refractivity contribution is 6.06. The Labute approximate surface area is 188 Å². The van der Waals surface area contributed by atoms with E-state index in [-0.39, 0.29) is 36.8 Å². The number of aromatic nitrogens is 3. The van der Waals surface area contributed by atoms with Crippen LogP contribution >= 0.6 is 24.8 Å². The molecule has 1 atom stereocenters. The Morgan fingerprint density at radius 2 is 2.00 bits per heavy atom. The van der Waals surface area contributed by atoms with Crippen molar-refractivity contribution in [3.8, 4) is 0 Å². The van der Waals surface area contributed by atoms with Crippen LogP contribution < -0.4 is 5.32 Å². The van der Waals surface area contributed by atoms with Crippen molar-refractivity contribution in [2.75, 3.05) is 19.6 Å². The minimum atomic E-state index is -0.0707. The standard InChI is InChI=1S/C22H25N5O.2ClH/c1-14-3-6-18-16(11-14)17(12-19(25-18)15-4-5-15)22(28)27-10-7-23-13-20(27)21-24-8-9-26(21)2;;/h3,6,8-9,11-12,15,20,23H,4-5,7,10,13H2,1-2H3;2*1H. The average molecular weight is 448 g/mol. The molecule has 1 aliphatic heterocycles. The summed E-state index contributed by atoms with van der Waals surface area (Å²) < 4.78 is 2.00. The lowest BCUT2D eigenvalue weighted by molar-refractivity contribution is 0.0622. The summed E-state index contributed by atoms with van der Waals surface area (Å²) in [6.45, 7) is 4.24. The lowest BCUT2D eigenvalue weighted by atomic mass is 10.0. The van der Waals surface area contributed by atoms with E-state index in [1.165, 1.54) is 12.8 Å². The number of amides is 1. The molecule has 2 aromatic heterocycles. The molecule has 5 rings (SSSR count). The Kier molecular flexibility index (Phi) is 6.70. The summed E-state index contributed by atoms with van der Waals surface area (Å²) in [5.74, 6) is 1.50. The summed E-state index contributed by atoms with van der Waals surface area (Å²) in [6, 6.07) is 8.17. The van der Waals surface area contributed by atoms with Crippen molar-refractivity contribution in [1.29, 1.82) is 0 Å². The maximum absolute atomic E-state index is 13.8. The van der Waals surface area contributed by atoms with Gasteiger partial charge in [-0.2, -0.15) is 0 Å². The van der Waals surface area contributed by atoms with Crippen LogP contribution in [0.3, 0.4) is 0 Å². The van der Waals surface area contributed by atoms with Gasteiger partial charge in [-0.25, -0.2) is 4.98 Å². The molecule has 2 aliphatic rings. The molecule has 30 heavy (non-hydrogen) atoms. The smallest absolute Gasteiger partial charge is 0.255 e. The first kappa shape index (κ1) is 22.5. The Bertz CT molecular complexity index is 1060. The van der Waals surface area contributed by atoms with E-state index in [9.17, 15) is 4.79 Å². The van der Waals surface area contributed by atoms with Crippen molar-refractivity contribution in [1.82, 2.24) is 24.8 Å². The van der Waals surface area contributed by atoms with Crippen LogP contribution in [0.4, 0.5) is 0 Å². The molecule has 1 unspecified atom stereocenters. The molecule has 1 aromatic carbocycles. The zero-order valence-electron chi connectivity index (χ0n) is 17.2. The number of carbonyl (C=O) groups is 1. The van der Waals surface area contributed by atoms with Gasteiger partial charge < -0.3 is 14.8 Å². The van der Waals surface area contributed by atoms with Crippen molar-refractivity contribution in [3.05, 3.63) is 59.3 Å². The third-order valence-electron chi connectivity index (χ3n) is 5.87. The van der Waals surface area contributed by atoms with Crippen LogP contribution in [0, 0.1) is 6.92 Å². The number of rotatable bonds is 3. The molecule has 1 amide bonds. The van der Waals surface area contributed by atoms with Crippen LogP contribution in [-0.2, 0) is 7.05 Å². The summed E-state index contributed by atoms with van der Waals surface area (Å²) in [5, 5.41) is 4.36. The highest BCUT2D eigenvalue weighted by Crippen LogP contribution is 2.40. The van der Waals surface area contributed by atoms with E-state index < -0.39 is 0 Å². The van der Waals surface area contributed by atoms with Gasteiger partial charge in [0, 0.05) is 56.1 Å². The Morgan fingerprint density at radius 1 is 1.20 bits per heavy atom. The number of aryl methyl sites for hydroxylation is 2. The van der Waals surface area contributed by atoms with E-state index in [0.717, 1.165) is 40.1 Å². The second-order valence-electron chi connectivity index (χ2n) is 8.00. The van der Waals surface area contributed by atoms with Gasteiger partial charge >= 0.3 is 0 Å². The second-order valence-corrected chi connectivity index (χ2v) is 8.00. The Hall–Kier alpha value is -2.15. The van der Waals surface area contributed by atoms with Crippen molar-refractivity contribution in [2.45, 2.75) is 31.7 Å². The molecule has 1 saturated carbocycles. The number of nitrogens with one attached hydrogen (secondary N) is 1. The average Bonchev–Trinajstić information content (AvgIpc) is 3.48. The van der Waals surface area contributed by atoms with E-state index in [0.29, 0.717) is 19.0 Å². The lowest BCUT2D eigenvalue weighted by Gasteiger charge is -2.36. The number of piperazine rings is 1. The molecule has 0 spiro atoms. The highest BCUT2D eigenvalue weighted by Gasteiger charge is 2.33. The molecule has 160 valence electrons. The van der Waals surface area contributed by atoms with Gasteiger partial charge in [-0.1, -0.05) is 11.6 Å². The Morgan fingerprint density at radius 3 is 2.70 bits per heavy atom. The van der Waals surface area contributed by atoms with Crippen LogP contribution in [0.2, 0.25) is 0 Å². The summed E-state index contributed by atoms with van der Waals surface area (Å²) in [4.78, 5) is 25.1. The number of imidazole rings is 1. The monoisotopic (exact) mass is 447 g/mol.